The Bertz CT molecular complexity index is 523. The van der Waals surface area contributed by atoms with Crippen LogP contribution in [0, 0.1) is 5.82 Å². The van der Waals surface area contributed by atoms with Crippen LogP contribution in [0.5, 0.6) is 11.5 Å². The average molecular weight is 236 g/mol. The first-order chi connectivity index (χ1) is 8.06. The van der Waals surface area contributed by atoms with Crippen molar-refractivity contribution < 1.29 is 14.2 Å². The molecule has 1 atom stereocenters. The number of aryl methyl sites for hydroxylation is 1. The fourth-order valence-corrected chi connectivity index (χ4v) is 1.44. The highest BCUT2D eigenvalue weighted by molar-refractivity contribution is 5.33. The third-order valence-electron chi connectivity index (χ3n) is 2.35. The van der Waals surface area contributed by atoms with Crippen LogP contribution in [0.3, 0.4) is 0 Å². The van der Waals surface area contributed by atoms with Crippen LogP contribution in [0.15, 0.2) is 30.6 Å². The molecule has 0 aliphatic rings. The number of ether oxygens (including phenoxy) is 1. The molecule has 5 heteroatoms. The Balaban J connectivity index is 2.22. The predicted molar refractivity (Wildman–Crippen MR) is 60.3 cm³/mol. The number of hydrogen-bond donors (Lipinski definition) is 1. The summed E-state index contributed by atoms with van der Waals surface area (Å²) in [5.74, 6) is 0.0749. The molecule has 0 amide bonds. The van der Waals surface area contributed by atoms with E-state index >= 15 is 0 Å². The summed E-state index contributed by atoms with van der Waals surface area (Å²) in [6.07, 6.45) is 2.45. The highest BCUT2D eigenvalue weighted by Gasteiger charge is 2.09. The third-order valence-corrected chi connectivity index (χ3v) is 2.35. The Kier molecular flexibility index (Phi) is 3.10. The lowest BCUT2D eigenvalue weighted by molar-refractivity contribution is 0.198. The summed E-state index contributed by atoms with van der Waals surface area (Å²) < 4.78 is 20.5. The fourth-order valence-electron chi connectivity index (χ4n) is 1.44. The first-order valence-electron chi connectivity index (χ1n) is 5.20. The first kappa shape index (κ1) is 11.6. The lowest BCUT2D eigenvalue weighted by Gasteiger charge is -2.08. The van der Waals surface area contributed by atoms with Crippen LogP contribution in [0.4, 0.5) is 4.39 Å². The van der Waals surface area contributed by atoms with Gasteiger partial charge in [-0.25, -0.2) is 4.39 Å². The molecule has 0 aliphatic heterocycles. The smallest absolute Gasteiger partial charge is 0.166 e. The molecule has 4 nitrogen and oxygen atoms in total. The van der Waals surface area contributed by atoms with E-state index in [4.69, 9.17) is 4.74 Å². The lowest BCUT2D eigenvalue weighted by Crippen LogP contribution is -1.94. The van der Waals surface area contributed by atoms with Crippen LogP contribution >= 0.6 is 0 Å². The van der Waals surface area contributed by atoms with Crippen LogP contribution in [0.2, 0.25) is 0 Å². The van der Waals surface area contributed by atoms with Gasteiger partial charge in [-0.1, -0.05) is 6.07 Å². The van der Waals surface area contributed by atoms with Gasteiger partial charge in [0.25, 0.3) is 0 Å². The largest absolute Gasteiger partial charge is 0.451 e. The molecule has 0 radical (unpaired) electrons. The second kappa shape index (κ2) is 4.55. The summed E-state index contributed by atoms with van der Waals surface area (Å²) in [5.41, 5.74) is 0.515. The van der Waals surface area contributed by atoms with E-state index in [2.05, 4.69) is 5.10 Å². The molecule has 90 valence electrons. The van der Waals surface area contributed by atoms with Crippen molar-refractivity contribution in [1.82, 2.24) is 9.78 Å². The topological polar surface area (TPSA) is 47.3 Å². The molecule has 0 saturated carbocycles. The van der Waals surface area contributed by atoms with E-state index in [1.807, 2.05) is 0 Å². The van der Waals surface area contributed by atoms with Crippen LogP contribution in [0.25, 0.3) is 0 Å². The zero-order valence-corrected chi connectivity index (χ0v) is 9.59. The molecule has 1 aromatic heterocycles. The molecule has 0 aliphatic carbocycles. The quantitative estimate of drug-likeness (QED) is 0.890. The van der Waals surface area contributed by atoms with Crippen LogP contribution < -0.4 is 4.74 Å². The van der Waals surface area contributed by atoms with E-state index in [1.165, 1.54) is 18.3 Å². The van der Waals surface area contributed by atoms with Gasteiger partial charge in [0.1, 0.15) is 0 Å². The van der Waals surface area contributed by atoms with E-state index in [-0.39, 0.29) is 5.75 Å². The van der Waals surface area contributed by atoms with Gasteiger partial charge in [-0.05, 0) is 24.6 Å². The summed E-state index contributed by atoms with van der Waals surface area (Å²) in [4.78, 5) is 0. The van der Waals surface area contributed by atoms with E-state index in [9.17, 15) is 9.50 Å². The average Bonchev–Trinajstić information content (AvgIpc) is 2.67. The number of rotatable bonds is 3. The molecule has 1 unspecified atom stereocenters. The Hall–Kier alpha value is -1.88. The zero-order chi connectivity index (χ0) is 12.4. The van der Waals surface area contributed by atoms with Gasteiger partial charge in [-0.15, -0.1) is 0 Å². The molecule has 0 saturated heterocycles. The monoisotopic (exact) mass is 236 g/mol. The Morgan fingerprint density at radius 1 is 1.47 bits per heavy atom. The summed E-state index contributed by atoms with van der Waals surface area (Å²) >= 11 is 0. The SMILES string of the molecule is CC(O)c1ccc(Oc2cnn(C)c2)c(F)c1. The van der Waals surface area contributed by atoms with Crippen LogP contribution in [-0.2, 0) is 7.05 Å². The molecule has 1 heterocycles. The van der Waals surface area contributed by atoms with E-state index in [1.54, 1.807) is 30.9 Å². The van der Waals surface area contributed by atoms with Gasteiger partial charge in [0.05, 0.1) is 18.5 Å². The standard InChI is InChI=1S/C12H13FN2O2/c1-8(16)9-3-4-12(11(13)5-9)17-10-6-14-15(2)7-10/h3-8,16H,1-2H3. The van der Waals surface area contributed by atoms with Gasteiger partial charge in [-0.2, -0.15) is 5.10 Å². The minimum Gasteiger partial charge on any atom is -0.451 e. The Morgan fingerprint density at radius 3 is 2.76 bits per heavy atom. The maximum atomic E-state index is 13.6. The first-order valence-corrected chi connectivity index (χ1v) is 5.20. The number of aliphatic hydroxyl groups is 1. The zero-order valence-electron chi connectivity index (χ0n) is 9.59. The highest BCUT2D eigenvalue weighted by Crippen LogP contribution is 2.26. The van der Waals surface area contributed by atoms with Gasteiger partial charge in [0, 0.05) is 7.05 Å². The van der Waals surface area contributed by atoms with E-state index in [0.29, 0.717) is 11.3 Å². The van der Waals surface area contributed by atoms with Gasteiger partial charge in [0.2, 0.25) is 0 Å². The number of aliphatic hydroxyl groups excluding tert-OH is 1. The molecule has 1 N–H and O–H groups in total. The van der Waals surface area contributed by atoms with Crippen molar-refractivity contribution in [2.24, 2.45) is 7.05 Å². The number of aromatic nitrogens is 2. The van der Waals surface area contributed by atoms with Crippen molar-refractivity contribution in [3.63, 3.8) is 0 Å². The van der Waals surface area contributed by atoms with Gasteiger partial charge in [0.15, 0.2) is 17.3 Å². The van der Waals surface area contributed by atoms with Crippen molar-refractivity contribution in [1.29, 1.82) is 0 Å². The maximum absolute atomic E-state index is 13.6. The molecular formula is C12H13FN2O2. The summed E-state index contributed by atoms with van der Waals surface area (Å²) in [5, 5.41) is 13.2. The Labute approximate surface area is 98.3 Å². The van der Waals surface area contributed by atoms with Crippen LogP contribution in [0.1, 0.15) is 18.6 Å². The minimum absolute atomic E-state index is 0.113. The molecule has 0 bridgehead atoms. The normalized spacial score (nSPS) is 12.5. The van der Waals surface area contributed by atoms with Gasteiger partial charge >= 0.3 is 0 Å². The summed E-state index contributed by atoms with van der Waals surface area (Å²) in [6.45, 7) is 1.58. The summed E-state index contributed by atoms with van der Waals surface area (Å²) in [6, 6.07) is 4.38. The third kappa shape index (κ3) is 2.62. The molecule has 1 aromatic carbocycles. The van der Waals surface area contributed by atoms with Crippen LogP contribution in [-0.4, -0.2) is 14.9 Å². The molecule has 0 fully saturated rings. The highest BCUT2D eigenvalue weighted by atomic mass is 19.1. The van der Waals surface area contributed by atoms with Crippen molar-refractivity contribution >= 4 is 0 Å². The second-order valence-corrected chi connectivity index (χ2v) is 3.82. The minimum atomic E-state index is -0.697. The second-order valence-electron chi connectivity index (χ2n) is 3.82. The molecule has 17 heavy (non-hydrogen) atoms. The fraction of sp³-hybridized carbons (Fsp3) is 0.250. The molecular weight excluding hydrogens is 223 g/mol. The number of hydrogen-bond acceptors (Lipinski definition) is 3. The lowest BCUT2D eigenvalue weighted by atomic mass is 10.1. The van der Waals surface area contributed by atoms with Crippen molar-refractivity contribution in [2.45, 2.75) is 13.0 Å². The van der Waals surface area contributed by atoms with Crippen molar-refractivity contribution in [3.05, 3.63) is 42.0 Å². The predicted octanol–water partition coefficient (Wildman–Crippen LogP) is 2.40. The van der Waals surface area contributed by atoms with E-state index in [0.717, 1.165) is 0 Å². The summed E-state index contributed by atoms with van der Waals surface area (Å²) in [7, 11) is 1.75. The van der Waals surface area contributed by atoms with Gasteiger partial charge < -0.3 is 9.84 Å². The van der Waals surface area contributed by atoms with Crippen molar-refractivity contribution in [2.75, 3.05) is 0 Å². The number of halogens is 1. The molecule has 2 aromatic rings. The van der Waals surface area contributed by atoms with E-state index < -0.39 is 11.9 Å². The van der Waals surface area contributed by atoms with Crippen molar-refractivity contribution in [3.8, 4) is 11.5 Å². The molecule has 0 spiro atoms. The maximum Gasteiger partial charge on any atom is 0.166 e. The van der Waals surface area contributed by atoms with Gasteiger partial charge in [-0.3, -0.25) is 4.68 Å². The Morgan fingerprint density at radius 2 is 2.24 bits per heavy atom. The number of benzene rings is 1. The molecule has 2 rings (SSSR count). The number of nitrogens with zero attached hydrogens (tertiary/aromatic N) is 2.